The Balaban J connectivity index is 1.61. The molecule has 2 aromatic heterocycles. The fourth-order valence-electron chi connectivity index (χ4n) is 2.59. The highest BCUT2D eigenvalue weighted by molar-refractivity contribution is 5.90. The average Bonchev–Trinajstić information content (AvgIpc) is 3.40. The van der Waals surface area contributed by atoms with E-state index < -0.39 is 5.97 Å². The average molecular weight is 346 g/mol. The van der Waals surface area contributed by atoms with E-state index in [1.54, 1.807) is 24.3 Å². The van der Waals surface area contributed by atoms with Gasteiger partial charge in [-0.05, 0) is 54.6 Å². The van der Waals surface area contributed by atoms with Crippen molar-refractivity contribution in [3.63, 3.8) is 0 Å². The molecule has 2 heterocycles. The third-order valence-corrected chi connectivity index (χ3v) is 3.89. The molecule has 0 saturated carbocycles. The Morgan fingerprint density at radius 2 is 1.62 bits per heavy atom. The summed E-state index contributed by atoms with van der Waals surface area (Å²) in [4.78, 5) is 15.8. The van der Waals surface area contributed by atoms with Gasteiger partial charge < -0.3 is 13.8 Å². The summed E-state index contributed by atoms with van der Waals surface area (Å²) in [5.41, 5.74) is 2.75. The minimum atomic E-state index is -0.632. The molecule has 0 atom stereocenters. The van der Waals surface area contributed by atoms with Gasteiger partial charge in [-0.25, -0.2) is 4.79 Å². The Kier molecular flexibility index (Phi) is 4.04. The minimum absolute atomic E-state index is 0.306. The second-order valence-corrected chi connectivity index (χ2v) is 5.54. The minimum Gasteiger partial charge on any atom is -0.416 e. The first-order chi connectivity index (χ1) is 12.7. The van der Waals surface area contributed by atoms with E-state index in [0.717, 1.165) is 11.3 Å². The molecule has 0 amide bonds. The Bertz CT molecular complexity index is 1040. The molecule has 0 radical (unpaired) electrons. The van der Waals surface area contributed by atoms with Gasteiger partial charge in [0.1, 0.15) is 0 Å². The number of carbonyl (C=O) groups excluding carboxylic acids is 1. The molecule has 0 spiro atoms. The monoisotopic (exact) mass is 346 g/mol. The first kappa shape index (κ1) is 15.8. The largest absolute Gasteiger partial charge is 0.416 e. The molecule has 0 aliphatic carbocycles. The summed E-state index contributed by atoms with van der Waals surface area (Å²) in [6.07, 6.45) is 3.94. The SMILES string of the molecule is NOC(=O)c1cccc(-c2nnc(-c3ccc(-n4cccc4)cc3)o2)c1. The molecule has 2 aromatic carbocycles. The third-order valence-electron chi connectivity index (χ3n) is 3.89. The quantitative estimate of drug-likeness (QED) is 0.570. The lowest BCUT2D eigenvalue weighted by Gasteiger charge is -2.03. The molecule has 0 bridgehead atoms. The molecule has 128 valence electrons. The summed E-state index contributed by atoms with van der Waals surface area (Å²) in [5.74, 6) is 4.99. The number of carbonyl (C=O) groups is 1. The third kappa shape index (κ3) is 2.99. The summed E-state index contributed by atoms with van der Waals surface area (Å²) in [5, 5.41) is 8.14. The van der Waals surface area contributed by atoms with Crippen molar-refractivity contribution in [1.29, 1.82) is 0 Å². The lowest BCUT2D eigenvalue weighted by molar-refractivity contribution is 0.0503. The van der Waals surface area contributed by atoms with Gasteiger partial charge in [-0.2, -0.15) is 5.90 Å². The Morgan fingerprint density at radius 3 is 2.31 bits per heavy atom. The van der Waals surface area contributed by atoms with Crippen LogP contribution in [0, 0.1) is 0 Å². The van der Waals surface area contributed by atoms with Gasteiger partial charge in [0, 0.05) is 29.2 Å². The zero-order valence-corrected chi connectivity index (χ0v) is 13.6. The lowest BCUT2D eigenvalue weighted by Crippen LogP contribution is -2.09. The molecule has 7 heteroatoms. The van der Waals surface area contributed by atoms with Gasteiger partial charge in [0.2, 0.25) is 11.8 Å². The fourth-order valence-corrected chi connectivity index (χ4v) is 2.59. The van der Waals surface area contributed by atoms with Crippen molar-refractivity contribution >= 4 is 5.97 Å². The molecule has 0 aliphatic rings. The number of nitrogens with two attached hydrogens (primary N) is 1. The van der Waals surface area contributed by atoms with Crippen LogP contribution >= 0.6 is 0 Å². The van der Waals surface area contributed by atoms with E-state index in [9.17, 15) is 4.79 Å². The van der Waals surface area contributed by atoms with Crippen molar-refractivity contribution in [1.82, 2.24) is 14.8 Å². The van der Waals surface area contributed by atoms with Crippen LogP contribution in [-0.4, -0.2) is 20.7 Å². The molecule has 26 heavy (non-hydrogen) atoms. The van der Waals surface area contributed by atoms with E-state index >= 15 is 0 Å². The smallest absolute Gasteiger partial charge is 0.356 e. The van der Waals surface area contributed by atoms with Gasteiger partial charge in [0.25, 0.3) is 0 Å². The second kappa shape index (κ2) is 6.66. The number of aromatic nitrogens is 3. The number of hydrogen-bond donors (Lipinski definition) is 1. The predicted octanol–water partition coefficient (Wildman–Crippen LogP) is 3.22. The van der Waals surface area contributed by atoms with Crippen molar-refractivity contribution in [2.45, 2.75) is 0 Å². The first-order valence-electron chi connectivity index (χ1n) is 7.83. The van der Waals surface area contributed by atoms with Crippen LogP contribution in [0.15, 0.2) is 77.5 Å². The number of benzene rings is 2. The van der Waals surface area contributed by atoms with Crippen LogP contribution in [-0.2, 0) is 4.84 Å². The van der Waals surface area contributed by atoms with Crippen LogP contribution in [0.1, 0.15) is 10.4 Å². The van der Waals surface area contributed by atoms with E-state index in [1.807, 2.05) is 53.4 Å². The zero-order valence-electron chi connectivity index (χ0n) is 13.6. The standard InChI is InChI=1S/C19H14N4O3/c20-26-19(24)15-5-3-4-14(12-15)18-22-21-17(25-18)13-6-8-16(9-7-13)23-10-1-2-11-23/h1-12H,20H2. The maximum atomic E-state index is 11.5. The highest BCUT2D eigenvalue weighted by atomic mass is 16.7. The van der Waals surface area contributed by atoms with Crippen LogP contribution < -0.4 is 5.90 Å². The Hall–Kier alpha value is -3.71. The van der Waals surface area contributed by atoms with Crippen LogP contribution in [0.3, 0.4) is 0 Å². The molecule has 7 nitrogen and oxygen atoms in total. The second-order valence-electron chi connectivity index (χ2n) is 5.54. The molecule has 4 aromatic rings. The van der Waals surface area contributed by atoms with Crippen LogP contribution in [0.4, 0.5) is 0 Å². The number of hydrogen-bond acceptors (Lipinski definition) is 6. The first-order valence-corrected chi connectivity index (χ1v) is 7.83. The van der Waals surface area contributed by atoms with E-state index in [-0.39, 0.29) is 0 Å². The molecule has 4 rings (SSSR count). The maximum absolute atomic E-state index is 11.5. The lowest BCUT2D eigenvalue weighted by atomic mass is 10.1. The van der Waals surface area contributed by atoms with Gasteiger partial charge >= 0.3 is 5.97 Å². The topological polar surface area (TPSA) is 96.2 Å². The molecule has 0 unspecified atom stereocenters. The van der Waals surface area contributed by atoms with Gasteiger partial charge in [0.15, 0.2) is 0 Å². The van der Waals surface area contributed by atoms with Gasteiger partial charge in [-0.3, -0.25) is 0 Å². The summed E-state index contributed by atoms with van der Waals surface area (Å²) >= 11 is 0. The van der Waals surface area contributed by atoms with Gasteiger partial charge in [0.05, 0.1) is 5.56 Å². The van der Waals surface area contributed by atoms with E-state index in [4.69, 9.17) is 10.3 Å². The van der Waals surface area contributed by atoms with Gasteiger partial charge in [-0.15, -0.1) is 10.2 Å². The summed E-state index contributed by atoms with van der Waals surface area (Å²) in [6.45, 7) is 0. The predicted molar refractivity (Wildman–Crippen MR) is 94.1 cm³/mol. The summed E-state index contributed by atoms with van der Waals surface area (Å²) in [6, 6.07) is 18.3. The van der Waals surface area contributed by atoms with Crippen molar-refractivity contribution in [2.24, 2.45) is 5.90 Å². The molecule has 0 fully saturated rings. The number of nitrogens with zero attached hydrogens (tertiary/aromatic N) is 3. The van der Waals surface area contributed by atoms with E-state index in [2.05, 4.69) is 15.0 Å². The van der Waals surface area contributed by atoms with E-state index in [1.165, 1.54) is 0 Å². The van der Waals surface area contributed by atoms with Crippen molar-refractivity contribution in [2.75, 3.05) is 0 Å². The van der Waals surface area contributed by atoms with Crippen LogP contribution in [0.5, 0.6) is 0 Å². The number of rotatable bonds is 4. The highest BCUT2D eigenvalue weighted by Gasteiger charge is 2.13. The van der Waals surface area contributed by atoms with Crippen LogP contribution in [0.2, 0.25) is 0 Å². The molecule has 0 aliphatic heterocycles. The summed E-state index contributed by atoms with van der Waals surface area (Å²) in [7, 11) is 0. The Labute approximate surface area is 148 Å². The fraction of sp³-hybridized carbons (Fsp3) is 0. The zero-order chi connectivity index (χ0) is 17.9. The van der Waals surface area contributed by atoms with Gasteiger partial charge in [-0.1, -0.05) is 6.07 Å². The molecule has 0 saturated heterocycles. The van der Waals surface area contributed by atoms with Crippen molar-refractivity contribution in [3.8, 4) is 28.6 Å². The van der Waals surface area contributed by atoms with Crippen molar-refractivity contribution in [3.05, 3.63) is 78.6 Å². The normalized spacial score (nSPS) is 10.7. The molecule has 2 N–H and O–H groups in total. The molecular formula is C19H14N4O3. The van der Waals surface area contributed by atoms with E-state index in [0.29, 0.717) is 22.9 Å². The highest BCUT2D eigenvalue weighted by Crippen LogP contribution is 2.25. The summed E-state index contributed by atoms with van der Waals surface area (Å²) < 4.78 is 7.75. The van der Waals surface area contributed by atoms with Crippen molar-refractivity contribution < 1.29 is 14.0 Å². The Morgan fingerprint density at radius 1 is 0.923 bits per heavy atom. The molecular weight excluding hydrogens is 332 g/mol. The van der Waals surface area contributed by atoms with Crippen LogP contribution in [0.25, 0.3) is 28.6 Å². The maximum Gasteiger partial charge on any atom is 0.356 e.